The van der Waals surface area contributed by atoms with Gasteiger partial charge in [-0.1, -0.05) is 24.3 Å². The van der Waals surface area contributed by atoms with Crippen LogP contribution in [0.25, 0.3) is 11.0 Å². The number of nitrogens with one attached hydrogen (secondary N) is 2. The van der Waals surface area contributed by atoms with Crippen molar-refractivity contribution in [1.29, 1.82) is 0 Å². The summed E-state index contributed by atoms with van der Waals surface area (Å²) in [7, 11) is 0. The van der Waals surface area contributed by atoms with Crippen LogP contribution in [0, 0.1) is 18.3 Å². The van der Waals surface area contributed by atoms with E-state index < -0.39 is 23.7 Å². The molecule has 0 bridgehead atoms. The molecule has 3 heterocycles. The Hall–Kier alpha value is -4.33. The quantitative estimate of drug-likeness (QED) is 0.483. The van der Waals surface area contributed by atoms with Crippen molar-refractivity contribution in [3.05, 3.63) is 65.5 Å². The van der Waals surface area contributed by atoms with Crippen molar-refractivity contribution in [3.63, 3.8) is 0 Å². The van der Waals surface area contributed by atoms with Crippen molar-refractivity contribution >= 4 is 28.8 Å². The Bertz CT molecular complexity index is 1420. The van der Waals surface area contributed by atoms with Crippen LogP contribution in [0.2, 0.25) is 0 Å². The van der Waals surface area contributed by atoms with Gasteiger partial charge in [0, 0.05) is 26.1 Å². The molecule has 8 nitrogen and oxygen atoms in total. The minimum absolute atomic E-state index is 0.192. The van der Waals surface area contributed by atoms with Crippen LogP contribution in [0.3, 0.4) is 0 Å². The number of likely N-dealkylation sites (tertiary alicyclic amines) is 1. The molecule has 1 fully saturated rings. The number of aromatic amines is 1. The van der Waals surface area contributed by atoms with Crippen LogP contribution in [0.4, 0.5) is 13.2 Å². The molecule has 0 spiro atoms. The van der Waals surface area contributed by atoms with Crippen LogP contribution in [0.15, 0.2) is 53.5 Å². The fraction of sp³-hybridized carbons (Fsp3) is 0.357. The van der Waals surface area contributed by atoms with Crippen molar-refractivity contribution in [1.82, 2.24) is 25.1 Å². The number of imidazole rings is 1. The summed E-state index contributed by atoms with van der Waals surface area (Å²) in [6, 6.07) is 11.5. The van der Waals surface area contributed by atoms with E-state index in [9.17, 15) is 22.8 Å². The zero-order valence-corrected chi connectivity index (χ0v) is 21.2. The number of H-pyrrole nitrogens is 1. The van der Waals surface area contributed by atoms with E-state index in [1.165, 1.54) is 17.0 Å². The standard InChI is InChI=1S/C28H27F3N6O2/c1-3-4-14-37-25(38)20-16-36(26(39)24-33-22-7-5-6-8-23(22)34-24)15-13-21(20)35-27(37)32-17(2)18-9-11-19(12-10-18)28(29,30)31/h1,5-12,17,20-21H,4,13-16H2,2H3,(H,32,35)(H,33,34). The summed E-state index contributed by atoms with van der Waals surface area (Å²) < 4.78 is 38.9. The second-order valence-corrected chi connectivity index (χ2v) is 9.70. The lowest BCUT2D eigenvalue weighted by Gasteiger charge is -2.42. The average molecular weight is 537 g/mol. The van der Waals surface area contributed by atoms with Crippen LogP contribution in [0.5, 0.6) is 0 Å². The maximum absolute atomic E-state index is 13.6. The zero-order chi connectivity index (χ0) is 27.7. The molecule has 0 aliphatic carbocycles. The number of alkyl halides is 3. The summed E-state index contributed by atoms with van der Waals surface area (Å²) in [4.78, 5) is 42.2. The van der Waals surface area contributed by atoms with Crippen LogP contribution < -0.4 is 5.32 Å². The predicted octanol–water partition coefficient (Wildman–Crippen LogP) is 3.98. The lowest BCUT2D eigenvalue weighted by molar-refractivity contribution is -0.137. The molecule has 5 rings (SSSR count). The first-order chi connectivity index (χ1) is 18.7. The number of hydrogen-bond acceptors (Lipinski definition) is 5. The van der Waals surface area contributed by atoms with E-state index in [0.29, 0.717) is 36.4 Å². The molecule has 11 heteroatoms. The third-order valence-electron chi connectivity index (χ3n) is 7.15. The monoisotopic (exact) mass is 536 g/mol. The number of aliphatic imine (C=N–C) groups is 1. The van der Waals surface area contributed by atoms with Gasteiger partial charge in [-0.15, -0.1) is 12.3 Å². The molecular weight excluding hydrogens is 509 g/mol. The van der Waals surface area contributed by atoms with Crippen LogP contribution in [-0.4, -0.2) is 63.2 Å². The summed E-state index contributed by atoms with van der Waals surface area (Å²) in [6.07, 6.45) is 1.81. The van der Waals surface area contributed by atoms with Crippen LogP contribution >= 0.6 is 0 Å². The van der Waals surface area contributed by atoms with Gasteiger partial charge < -0.3 is 15.2 Å². The Morgan fingerprint density at radius 3 is 2.67 bits per heavy atom. The van der Waals surface area contributed by atoms with Crippen molar-refractivity contribution < 1.29 is 22.8 Å². The highest BCUT2D eigenvalue weighted by molar-refractivity contribution is 6.01. The third-order valence-corrected chi connectivity index (χ3v) is 7.15. The zero-order valence-electron chi connectivity index (χ0n) is 21.2. The largest absolute Gasteiger partial charge is 0.416 e. The number of piperidine rings is 1. The molecule has 2 aromatic carbocycles. The number of halogens is 3. The van der Waals surface area contributed by atoms with Gasteiger partial charge >= 0.3 is 6.18 Å². The SMILES string of the molecule is C#CCCN1C(=O)C2CN(C(=O)c3nc4ccccc4[nH]3)CCC2N=C1NC(C)c1ccc(C(F)(F)F)cc1. The highest BCUT2D eigenvalue weighted by atomic mass is 19.4. The van der Waals surface area contributed by atoms with E-state index in [1.807, 2.05) is 24.3 Å². The van der Waals surface area contributed by atoms with E-state index >= 15 is 0 Å². The Kier molecular flexibility index (Phi) is 7.04. The molecule has 3 unspecified atom stereocenters. The van der Waals surface area contributed by atoms with E-state index in [2.05, 4.69) is 21.2 Å². The molecule has 39 heavy (non-hydrogen) atoms. The van der Waals surface area contributed by atoms with E-state index in [4.69, 9.17) is 11.4 Å². The van der Waals surface area contributed by atoms with E-state index in [1.54, 1.807) is 11.8 Å². The van der Waals surface area contributed by atoms with Crippen molar-refractivity contribution in [2.24, 2.45) is 10.9 Å². The average Bonchev–Trinajstić information content (AvgIpc) is 3.36. The van der Waals surface area contributed by atoms with E-state index in [0.717, 1.165) is 17.6 Å². The molecule has 2 amide bonds. The second-order valence-electron chi connectivity index (χ2n) is 9.70. The number of carbonyl (C=O) groups is 2. The summed E-state index contributed by atoms with van der Waals surface area (Å²) in [5.74, 6) is 2.06. The topological polar surface area (TPSA) is 93.7 Å². The van der Waals surface area contributed by atoms with Crippen molar-refractivity contribution in [3.8, 4) is 12.3 Å². The number of hydrogen-bond donors (Lipinski definition) is 2. The van der Waals surface area contributed by atoms with Crippen molar-refractivity contribution in [2.45, 2.75) is 38.0 Å². The first-order valence-corrected chi connectivity index (χ1v) is 12.7. The molecule has 3 aromatic rings. The van der Waals surface area contributed by atoms with Gasteiger partial charge in [0.1, 0.15) is 0 Å². The number of benzene rings is 2. The number of carbonyl (C=O) groups excluding carboxylic acids is 2. The second kappa shape index (κ2) is 10.4. The van der Waals surface area contributed by atoms with Crippen molar-refractivity contribution in [2.75, 3.05) is 19.6 Å². The Morgan fingerprint density at radius 2 is 1.97 bits per heavy atom. The summed E-state index contributed by atoms with van der Waals surface area (Å²) in [6.45, 7) is 2.61. The Balaban J connectivity index is 1.34. The maximum Gasteiger partial charge on any atom is 0.416 e. The number of nitrogens with zero attached hydrogens (tertiary/aromatic N) is 4. The minimum Gasteiger partial charge on any atom is -0.349 e. The first-order valence-electron chi connectivity index (χ1n) is 12.7. The smallest absolute Gasteiger partial charge is 0.349 e. The van der Waals surface area contributed by atoms with Crippen LogP contribution in [-0.2, 0) is 11.0 Å². The Labute approximate surface area is 223 Å². The lowest BCUT2D eigenvalue weighted by Crippen LogP contribution is -2.59. The van der Waals surface area contributed by atoms with Gasteiger partial charge in [0.25, 0.3) is 5.91 Å². The summed E-state index contributed by atoms with van der Waals surface area (Å²) >= 11 is 0. The number of aromatic nitrogens is 2. The predicted molar refractivity (Wildman–Crippen MR) is 139 cm³/mol. The molecule has 3 atom stereocenters. The number of guanidine groups is 1. The molecule has 2 aliphatic rings. The van der Waals surface area contributed by atoms with Gasteiger partial charge in [-0.05, 0) is 43.2 Å². The van der Waals surface area contributed by atoms with Gasteiger partial charge in [-0.2, -0.15) is 13.2 Å². The number of amides is 2. The molecule has 1 saturated heterocycles. The molecule has 2 N–H and O–H groups in total. The minimum atomic E-state index is -4.42. The van der Waals surface area contributed by atoms with Gasteiger partial charge in [0.05, 0.1) is 34.6 Å². The third kappa shape index (κ3) is 5.32. The molecule has 0 radical (unpaired) electrons. The number of fused-ring (bicyclic) bond motifs is 2. The van der Waals surface area contributed by atoms with Crippen LogP contribution in [0.1, 0.15) is 47.6 Å². The fourth-order valence-electron chi connectivity index (χ4n) is 5.00. The highest BCUT2D eigenvalue weighted by Crippen LogP contribution is 2.31. The molecule has 0 saturated carbocycles. The highest BCUT2D eigenvalue weighted by Gasteiger charge is 2.43. The Morgan fingerprint density at radius 1 is 1.23 bits per heavy atom. The number of para-hydroxylation sites is 2. The number of terminal acetylenes is 1. The molecular formula is C28H27F3N6O2. The fourth-order valence-corrected chi connectivity index (χ4v) is 5.00. The maximum atomic E-state index is 13.6. The normalized spacial score (nSPS) is 20.3. The lowest BCUT2D eigenvalue weighted by atomic mass is 9.89. The summed E-state index contributed by atoms with van der Waals surface area (Å²) in [5, 5.41) is 3.20. The van der Waals surface area contributed by atoms with E-state index in [-0.39, 0.29) is 36.8 Å². The first kappa shape index (κ1) is 26.3. The molecule has 2 aliphatic heterocycles. The number of rotatable bonds is 5. The molecule has 1 aromatic heterocycles. The van der Waals surface area contributed by atoms with Gasteiger partial charge in [0.2, 0.25) is 11.9 Å². The van der Waals surface area contributed by atoms with Gasteiger partial charge in [0.15, 0.2) is 5.82 Å². The summed E-state index contributed by atoms with van der Waals surface area (Å²) in [5.41, 5.74) is 1.33. The van der Waals surface area contributed by atoms with Gasteiger partial charge in [-0.25, -0.2) is 9.98 Å². The van der Waals surface area contributed by atoms with Gasteiger partial charge in [-0.3, -0.25) is 14.5 Å². The molecule has 202 valence electrons.